The van der Waals surface area contributed by atoms with Crippen molar-refractivity contribution in [2.45, 2.75) is 152 Å². The molecule has 0 aliphatic rings. The second kappa shape index (κ2) is 12.8. The monoisotopic (exact) mass is 650 g/mol. The van der Waals surface area contributed by atoms with Gasteiger partial charge in [0.25, 0.3) is 0 Å². The van der Waals surface area contributed by atoms with Crippen LogP contribution in [0.4, 0.5) is 0 Å². The summed E-state index contributed by atoms with van der Waals surface area (Å²) in [5.74, 6) is 1.99. The van der Waals surface area contributed by atoms with E-state index < -0.39 is 0 Å². The smallest absolute Gasteiger partial charge is 0.132 e. The first kappa shape index (κ1) is 37.2. The topological polar surface area (TPSA) is 60.7 Å². The Morgan fingerprint density at radius 2 is 0.689 bits per heavy atom. The molecule has 3 N–H and O–H groups in total. The zero-order chi connectivity index (χ0) is 34.5. The number of phenols is 3. The molecule has 5 heteroatoms. The Morgan fingerprint density at radius 3 is 0.956 bits per heavy atom. The normalized spacial score (nSPS) is 13.4. The van der Waals surface area contributed by atoms with Crippen LogP contribution in [0.2, 0.25) is 0 Å². The molecule has 0 aliphatic heterocycles. The van der Waals surface area contributed by atoms with Crippen LogP contribution in [0.1, 0.15) is 143 Å². The number of thioether (sulfide) groups is 2. The summed E-state index contributed by atoms with van der Waals surface area (Å²) in [6, 6.07) is 12.7. The fourth-order valence-electron chi connectivity index (χ4n) is 5.17. The third kappa shape index (κ3) is 8.98. The maximum Gasteiger partial charge on any atom is 0.132 e. The second-order valence-corrected chi connectivity index (χ2v) is 19.7. The van der Waals surface area contributed by atoms with Crippen molar-refractivity contribution in [2.24, 2.45) is 0 Å². The zero-order valence-electron chi connectivity index (χ0n) is 30.5. The lowest BCUT2D eigenvalue weighted by molar-refractivity contribution is 0.431. The van der Waals surface area contributed by atoms with Gasteiger partial charge in [-0.05, 0) is 55.9 Å². The van der Waals surface area contributed by atoms with Crippen molar-refractivity contribution in [1.29, 1.82) is 0 Å². The predicted octanol–water partition coefficient (Wildman–Crippen LogP) is 11.9. The Kier molecular flexibility index (Phi) is 10.5. The standard InChI is InChI=1S/C40H58O3S2/c1-36(2,3)26-16-24(22-44-31-20-27(37(4,5)6)18-29(34(31)42)39(10,11)12)33(41)25(17-26)23-45-32-21-28(38(7,8)9)19-30(35(32)43)40(13,14)15/h16-21,41-43H,22-23H2,1-15H3. The van der Waals surface area contributed by atoms with Gasteiger partial charge in [-0.3, -0.25) is 0 Å². The van der Waals surface area contributed by atoms with Crippen molar-refractivity contribution in [2.75, 3.05) is 0 Å². The fraction of sp³-hybridized carbons (Fsp3) is 0.550. The van der Waals surface area contributed by atoms with Crippen LogP contribution in [0, 0.1) is 0 Å². The van der Waals surface area contributed by atoms with Crippen LogP contribution >= 0.6 is 23.5 Å². The first-order valence-corrected chi connectivity index (χ1v) is 18.0. The van der Waals surface area contributed by atoms with Gasteiger partial charge in [-0.1, -0.05) is 128 Å². The van der Waals surface area contributed by atoms with E-state index in [-0.39, 0.29) is 32.8 Å². The van der Waals surface area contributed by atoms with E-state index in [4.69, 9.17) is 0 Å². The minimum atomic E-state index is -0.206. The summed E-state index contributed by atoms with van der Waals surface area (Å²) in [6.07, 6.45) is 0. The van der Waals surface area contributed by atoms with Gasteiger partial charge >= 0.3 is 0 Å². The highest BCUT2D eigenvalue weighted by atomic mass is 32.2. The summed E-state index contributed by atoms with van der Waals surface area (Å²) in [5, 5.41) is 34.4. The van der Waals surface area contributed by atoms with Crippen molar-refractivity contribution >= 4 is 23.5 Å². The molecule has 0 atom stereocenters. The summed E-state index contributed by atoms with van der Waals surface area (Å²) in [5.41, 5.74) is 6.44. The molecule has 0 saturated heterocycles. The molecule has 0 bridgehead atoms. The maximum atomic E-state index is 11.7. The quantitative estimate of drug-likeness (QED) is 0.232. The Hall–Kier alpha value is -2.24. The number of aromatic hydroxyl groups is 3. The average molecular weight is 651 g/mol. The van der Waals surface area contributed by atoms with Crippen LogP contribution in [0.15, 0.2) is 46.2 Å². The van der Waals surface area contributed by atoms with Crippen LogP contribution in [0.3, 0.4) is 0 Å². The Bertz CT molecular complexity index is 1430. The minimum Gasteiger partial charge on any atom is -0.507 e. The molecule has 0 amide bonds. The highest BCUT2D eigenvalue weighted by Crippen LogP contribution is 2.46. The van der Waals surface area contributed by atoms with Crippen molar-refractivity contribution in [1.82, 2.24) is 0 Å². The van der Waals surface area contributed by atoms with Crippen molar-refractivity contribution in [3.8, 4) is 17.2 Å². The lowest BCUT2D eigenvalue weighted by atomic mass is 9.80. The molecule has 0 aromatic heterocycles. The van der Waals surface area contributed by atoms with E-state index in [1.165, 1.54) is 11.1 Å². The molecule has 3 aromatic carbocycles. The van der Waals surface area contributed by atoms with Gasteiger partial charge in [0.15, 0.2) is 0 Å². The third-order valence-corrected chi connectivity index (χ3v) is 10.6. The van der Waals surface area contributed by atoms with E-state index in [9.17, 15) is 15.3 Å². The van der Waals surface area contributed by atoms with Crippen molar-refractivity contribution < 1.29 is 15.3 Å². The number of benzene rings is 3. The molecule has 3 nitrogen and oxygen atoms in total. The summed E-state index contributed by atoms with van der Waals surface area (Å²) in [6.45, 7) is 32.5. The summed E-state index contributed by atoms with van der Waals surface area (Å²) in [4.78, 5) is 1.67. The van der Waals surface area contributed by atoms with E-state index in [0.29, 0.717) is 23.0 Å². The molecule has 0 aliphatic carbocycles. The van der Waals surface area contributed by atoms with Gasteiger partial charge in [0.2, 0.25) is 0 Å². The number of phenolic OH excluding ortho intramolecular Hbond substituents is 3. The number of hydrogen-bond acceptors (Lipinski definition) is 5. The van der Waals surface area contributed by atoms with E-state index in [1.54, 1.807) is 23.5 Å². The molecule has 0 radical (unpaired) electrons. The molecule has 0 unspecified atom stereocenters. The lowest BCUT2D eigenvalue weighted by Gasteiger charge is -2.28. The summed E-state index contributed by atoms with van der Waals surface area (Å²) in [7, 11) is 0. The van der Waals surface area contributed by atoms with Crippen LogP contribution in [-0.4, -0.2) is 15.3 Å². The molecular formula is C40H58O3S2. The predicted molar refractivity (Wildman–Crippen MR) is 197 cm³/mol. The molecule has 3 rings (SSSR count). The highest BCUT2D eigenvalue weighted by molar-refractivity contribution is 7.99. The molecular weight excluding hydrogens is 593 g/mol. The molecule has 0 spiro atoms. The molecule has 248 valence electrons. The van der Waals surface area contributed by atoms with Gasteiger partial charge < -0.3 is 15.3 Å². The lowest BCUT2D eigenvalue weighted by Crippen LogP contribution is -2.17. The van der Waals surface area contributed by atoms with Gasteiger partial charge in [0.1, 0.15) is 17.2 Å². The molecule has 0 saturated carbocycles. The fourth-order valence-corrected chi connectivity index (χ4v) is 7.15. The van der Waals surface area contributed by atoms with Crippen LogP contribution in [-0.2, 0) is 38.6 Å². The second-order valence-electron chi connectivity index (χ2n) is 17.7. The molecule has 45 heavy (non-hydrogen) atoms. The largest absolute Gasteiger partial charge is 0.507 e. The van der Waals surface area contributed by atoms with Crippen molar-refractivity contribution in [3.63, 3.8) is 0 Å². The Labute approximate surface area is 282 Å². The molecule has 0 fully saturated rings. The Balaban J connectivity index is 2.06. The third-order valence-electron chi connectivity index (χ3n) is 8.40. The number of rotatable bonds is 6. The van der Waals surface area contributed by atoms with E-state index in [1.807, 2.05) is 0 Å². The SMILES string of the molecule is CC(C)(C)c1cc(CSc2cc(C(C)(C)C)cc(C(C)(C)C)c2O)c(O)c(CSc2cc(C(C)(C)C)cc(C(C)(C)C)c2O)c1. The number of hydrogen-bond donors (Lipinski definition) is 3. The summed E-state index contributed by atoms with van der Waals surface area (Å²) >= 11 is 3.14. The van der Waals surface area contributed by atoms with Crippen molar-refractivity contribution in [3.05, 3.63) is 75.3 Å². The highest BCUT2D eigenvalue weighted by Gasteiger charge is 2.28. The van der Waals surface area contributed by atoms with Gasteiger partial charge in [0.05, 0.1) is 9.79 Å². The van der Waals surface area contributed by atoms with E-state index >= 15 is 0 Å². The van der Waals surface area contributed by atoms with Gasteiger partial charge in [-0.2, -0.15) is 0 Å². The van der Waals surface area contributed by atoms with Crippen LogP contribution in [0.25, 0.3) is 0 Å². The minimum absolute atomic E-state index is 0.0651. The van der Waals surface area contributed by atoms with Gasteiger partial charge in [0, 0.05) is 33.8 Å². The van der Waals surface area contributed by atoms with Gasteiger partial charge in [-0.25, -0.2) is 0 Å². The van der Waals surface area contributed by atoms with Gasteiger partial charge in [-0.15, -0.1) is 23.5 Å². The maximum absolute atomic E-state index is 11.7. The Morgan fingerprint density at radius 1 is 0.400 bits per heavy atom. The molecule has 0 heterocycles. The van der Waals surface area contributed by atoms with E-state index in [0.717, 1.165) is 37.6 Å². The zero-order valence-corrected chi connectivity index (χ0v) is 32.2. The molecule has 3 aromatic rings. The van der Waals surface area contributed by atoms with Crippen LogP contribution in [0.5, 0.6) is 17.2 Å². The average Bonchev–Trinajstić information content (AvgIpc) is 2.85. The first-order valence-electron chi connectivity index (χ1n) is 16.1. The summed E-state index contributed by atoms with van der Waals surface area (Å²) < 4.78 is 0. The first-order chi connectivity index (χ1) is 20.2. The van der Waals surface area contributed by atoms with E-state index in [2.05, 4.69) is 140 Å². The van der Waals surface area contributed by atoms with Crippen LogP contribution < -0.4 is 0 Å².